The summed E-state index contributed by atoms with van der Waals surface area (Å²) in [6.07, 6.45) is 3.79. The highest BCUT2D eigenvalue weighted by Gasteiger charge is 2.30. The number of rotatable bonds is 18. The van der Waals surface area contributed by atoms with Gasteiger partial charge in [-0.15, -0.1) is 0 Å². The minimum absolute atomic E-state index is 0.0327. The highest BCUT2D eigenvalue weighted by atomic mass is 32.1. The molecule has 4 atom stereocenters. The van der Waals surface area contributed by atoms with E-state index in [1.54, 1.807) is 6.20 Å². The predicted octanol–water partition coefficient (Wildman–Crippen LogP) is -1.31. The first kappa shape index (κ1) is 33.4. The van der Waals surface area contributed by atoms with Gasteiger partial charge >= 0.3 is 5.97 Å². The average molecular weight is 592 g/mol. The summed E-state index contributed by atoms with van der Waals surface area (Å²) in [5, 5.41) is 18.4. The molecule has 15 heteroatoms. The molecule has 41 heavy (non-hydrogen) atoms. The number of amides is 3. The zero-order valence-corrected chi connectivity index (χ0v) is 23.7. The molecule has 0 aliphatic heterocycles. The molecule has 1 aromatic heterocycles. The number of carbonyl (C=O) groups is 4. The number of carboxylic acid groups (broad SMARTS) is 1. The Labute approximate surface area is 243 Å². The number of benzene rings is 1. The number of aliphatic imine (C=N–C) groups is 1. The summed E-state index contributed by atoms with van der Waals surface area (Å²) >= 11 is 4.17. The maximum Gasteiger partial charge on any atom is 0.326 e. The Kier molecular flexibility index (Phi) is 13.9. The molecule has 0 aliphatic rings. The number of thiol groups is 1. The molecule has 0 aliphatic carbocycles. The van der Waals surface area contributed by atoms with E-state index in [1.165, 1.54) is 0 Å². The first-order valence-corrected chi connectivity index (χ1v) is 14.0. The molecule has 14 nitrogen and oxygen atoms in total. The molecule has 0 saturated carbocycles. The van der Waals surface area contributed by atoms with Gasteiger partial charge in [0.15, 0.2) is 5.96 Å². The molecule has 13 N–H and O–H groups in total. The number of nitrogens with two attached hydrogens (primary N) is 4. The quantitative estimate of drug-likeness (QED) is 0.0426. The molecule has 0 bridgehead atoms. The summed E-state index contributed by atoms with van der Waals surface area (Å²) in [5.74, 6) is -3.23. The first-order valence-electron chi connectivity index (χ1n) is 13.4. The third kappa shape index (κ3) is 10.9. The fraction of sp³-hybridized carbons (Fsp3) is 0.500. The van der Waals surface area contributed by atoms with Gasteiger partial charge in [-0.25, -0.2) is 4.79 Å². The monoisotopic (exact) mass is 591 g/mol. The van der Waals surface area contributed by atoms with E-state index in [2.05, 4.69) is 38.6 Å². The second kappa shape index (κ2) is 17.1. The molecule has 4 unspecified atom stereocenters. The van der Waals surface area contributed by atoms with Crippen LogP contribution in [-0.4, -0.2) is 82.8 Å². The lowest BCUT2D eigenvalue weighted by molar-refractivity contribution is -0.142. The lowest BCUT2D eigenvalue weighted by Crippen LogP contribution is -2.57. The summed E-state index contributed by atoms with van der Waals surface area (Å²) in [4.78, 5) is 57.8. The number of unbranched alkanes of at least 4 members (excludes halogenated alkanes) is 1. The smallest absolute Gasteiger partial charge is 0.326 e. The van der Waals surface area contributed by atoms with Crippen LogP contribution in [0, 0.1) is 0 Å². The minimum atomic E-state index is -1.24. The Morgan fingerprint density at radius 1 is 0.927 bits per heavy atom. The van der Waals surface area contributed by atoms with Crippen LogP contribution in [0.4, 0.5) is 0 Å². The van der Waals surface area contributed by atoms with Crippen LogP contribution in [-0.2, 0) is 25.6 Å². The van der Waals surface area contributed by atoms with E-state index in [0.29, 0.717) is 32.4 Å². The topological polar surface area (TPSA) is 257 Å². The van der Waals surface area contributed by atoms with Crippen LogP contribution in [0.5, 0.6) is 0 Å². The second-order valence-electron chi connectivity index (χ2n) is 9.61. The van der Waals surface area contributed by atoms with Crippen molar-refractivity contribution in [2.24, 2.45) is 27.9 Å². The highest BCUT2D eigenvalue weighted by molar-refractivity contribution is 7.80. The van der Waals surface area contributed by atoms with Crippen LogP contribution in [0.2, 0.25) is 0 Å². The lowest BCUT2D eigenvalue weighted by Gasteiger charge is -2.24. The number of H-pyrrole nitrogens is 1. The molecule has 226 valence electrons. The number of aliphatic carboxylic acids is 1. The van der Waals surface area contributed by atoms with Crippen molar-refractivity contribution in [1.29, 1.82) is 0 Å². The predicted molar refractivity (Wildman–Crippen MR) is 160 cm³/mol. The number of aromatic nitrogens is 1. The molecule has 2 aromatic rings. The molecule has 1 aromatic carbocycles. The summed E-state index contributed by atoms with van der Waals surface area (Å²) in [5.41, 5.74) is 23.6. The van der Waals surface area contributed by atoms with Crippen molar-refractivity contribution in [3.63, 3.8) is 0 Å². The minimum Gasteiger partial charge on any atom is -0.480 e. The zero-order valence-electron chi connectivity index (χ0n) is 22.8. The maximum absolute atomic E-state index is 13.2. The van der Waals surface area contributed by atoms with Crippen LogP contribution in [0.3, 0.4) is 0 Å². The normalized spacial score (nSPS) is 13.9. The number of carbonyl (C=O) groups excluding carboxylic acids is 3. The fourth-order valence-corrected chi connectivity index (χ4v) is 4.41. The van der Waals surface area contributed by atoms with Gasteiger partial charge in [-0.2, -0.15) is 12.6 Å². The zero-order chi connectivity index (χ0) is 30.4. The van der Waals surface area contributed by atoms with Crippen LogP contribution in [0.1, 0.15) is 37.7 Å². The summed E-state index contributed by atoms with van der Waals surface area (Å²) in [6.45, 7) is 0.689. The Morgan fingerprint density at radius 2 is 1.59 bits per heavy atom. The summed E-state index contributed by atoms with van der Waals surface area (Å²) in [7, 11) is 0. The van der Waals surface area contributed by atoms with Crippen molar-refractivity contribution >= 4 is 53.2 Å². The van der Waals surface area contributed by atoms with Gasteiger partial charge in [-0.1, -0.05) is 18.2 Å². The van der Waals surface area contributed by atoms with Gasteiger partial charge in [0, 0.05) is 35.8 Å². The Balaban J connectivity index is 2.06. The van der Waals surface area contributed by atoms with Crippen molar-refractivity contribution < 1.29 is 24.3 Å². The van der Waals surface area contributed by atoms with E-state index >= 15 is 0 Å². The molecule has 0 fully saturated rings. The molecule has 0 saturated heterocycles. The highest BCUT2D eigenvalue weighted by Crippen LogP contribution is 2.19. The van der Waals surface area contributed by atoms with Gasteiger partial charge in [0.2, 0.25) is 17.7 Å². The molecule has 1 heterocycles. The van der Waals surface area contributed by atoms with Gasteiger partial charge in [-0.3, -0.25) is 19.4 Å². The number of para-hydroxylation sites is 1. The van der Waals surface area contributed by atoms with Gasteiger partial charge in [0.05, 0.1) is 6.04 Å². The van der Waals surface area contributed by atoms with Crippen LogP contribution >= 0.6 is 12.6 Å². The van der Waals surface area contributed by atoms with Crippen molar-refractivity contribution in [1.82, 2.24) is 20.9 Å². The number of guanidine groups is 1. The Hall–Kier alpha value is -3.82. The van der Waals surface area contributed by atoms with Crippen LogP contribution < -0.4 is 38.9 Å². The van der Waals surface area contributed by atoms with Crippen molar-refractivity contribution in [3.8, 4) is 0 Å². The van der Waals surface area contributed by atoms with Gasteiger partial charge in [-0.05, 0) is 50.3 Å². The molecule has 2 rings (SSSR count). The SMILES string of the molecule is NCCCCC(NC(=O)C(CS)NC(=O)C(N)CCCN=C(N)N)C(=O)NC(Cc1c[nH]c2ccccc12)C(=O)O. The van der Waals surface area contributed by atoms with Crippen molar-refractivity contribution in [3.05, 3.63) is 36.0 Å². The number of nitrogens with one attached hydrogen (secondary N) is 4. The average Bonchev–Trinajstić information content (AvgIpc) is 3.35. The van der Waals surface area contributed by atoms with Crippen molar-refractivity contribution in [2.45, 2.75) is 62.7 Å². The Morgan fingerprint density at radius 3 is 2.24 bits per heavy atom. The van der Waals surface area contributed by atoms with E-state index in [4.69, 9.17) is 22.9 Å². The molecular weight excluding hydrogens is 550 g/mol. The third-order valence-corrected chi connectivity index (χ3v) is 6.78. The third-order valence-electron chi connectivity index (χ3n) is 6.41. The maximum atomic E-state index is 13.2. The Bertz CT molecular complexity index is 1200. The largest absolute Gasteiger partial charge is 0.480 e. The van der Waals surface area contributed by atoms with E-state index in [9.17, 15) is 24.3 Å². The van der Waals surface area contributed by atoms with E-state index in [-0.39, 0.29) is 31.0 Å². The first-order chi connectivity index (χ1) is 19.6. The molecular formula is C26H41N9O5S. The number of aromatic amines is 1. The number of hydrogen-bond acceptors (Lipinski definition) is 8. The van der Waals surface area contributed by atoms with E-state index in [1.807, 2.05) is 24.3 Å². The number of fused-ring (bicyclic) bond motifs is 1. The molecule has 3 amide bonds. The second-order valence-corrected chi connectivity index (χ2v) is 9.97. The van der Waals surface area contributed by atoms with Crippen molar-refractivity contribution in [2.75, 3.05) is 18.8 Å². The summed E-state index contributed by atoms with van der Waals surface area (Å²) in [6, 6.07) is 3.13. The van der Waals surface area contributed by atoms with Gasteiger partial charge in [0.1, 0.15) is 18.1 Å². The van der Waals surface area contributed by atoms with Gasteiger partial charge in [0.25, 0.3) is 0 Å². The number of nitrogens with zero attached hydrogens (tertiary/aromatic N) is 1. The van der Waals surface area contributed by atoms with E-state index < -0.39 is 47.9 Å². The molecule has 0 spiro atoms. The van der Waals surface area contributed by atoms with Crippen LogP contribution in [0.15, 0.2) is 35.5 Å². The number of hydrogen-bond donors (Lipinski definition) is 10. The van der Waals surface area contributed by atoms with E-state index in [0.717, 1.165) is 16.5 Å². The van der Waals surface area contributed by atoms with Gasteiger partial charge < -0.3 is 49.0 Å². The fourth-order valence-electron chi connectivity index (χ4n) is 4.15. The molecule has 0 radical (unpaired) electrons. The van der Waals surface area contributed by atoms with Crippen LogP contribution in [0.25, 0.3) is 10.9 Å². The summed E-state index contributed by atoms with van der Waals surface area (Å²) < 4.78 is 0. The lowest BCUT2D eigenvalue weighted by atomic mass is 10.0. The number of carboxylic acids is 1. The standard InChI is InChI=1S/C26H41N9O5S/c27-10-4-3-9-19(33-24(38)21(14-41)35-22(36)17(28)7-5-11-31-26(29)30)23(37)34-20(25(39)40)12-15-13-32-18-8-2-1-6-16(15)18/h1-2,6,8,13,17,19-21,32,41H,3-5,7,9-12,14,27-28H2,(H,33,38)(H,34,37)(H,35,36)(H,39,40)(H4,29,30,31).